The Kier molecular flexibility index (Phi) is 5.03. The van der Waals surface area contributed by atoms with E-state index in [0.29, 0.717) is 20.3 Å². The molecule has 0 aliphatic heterocycles. The van der Waals surface area contributed by atoms with Crippen LogP contribution in [0.1, 0.15) is 16.6 Å². The molecule has 0 spiro atoms. The van der Waals surface area contributed by atoms with Gasteiger partial charge in [-0.3, -0.25) is 9.36 Å². The van der Waals surface area contributed by atoms with Crippen molar-refractivity contribution in [3.63, 3.8) is 0 Å². The fraction of sp³-hybridized carbons (Fsp3) is 0.0909. The van der Waals surface area contributed by atoms with E-state index in [1.807, 2.05) is 48.5 Å². The minimum atomic E-state index is -0.425. The topological polar surface area (TPSA) is 48.3 Å². The van der Waals surface area contributed by atoms with Crippen molar-refractivity contribution in [2.75, 3.05) is 6.61 Å². The summed E-state index contributed by atoms with van der Waals surface area (Å²) < 4.78 is 6.89. The highest BCUT2D eigenvalue weighted by Crippen LogP contribution is 2.41. The number of fused-ring (bicyclic) bond motifs is 1. The Morgan fingerprint density at radius 2 is 1.75 bits per heavy atom. The molecule has 0 radical (unpaired) electrons. The Bertz CT molecular complexity index is 1230. The summed E-state index contributed by atoms with van der Waals surface area (Å²) in [6, 6.07) is 20.0. The van der Waals surface area contributed by atoms with Crippen molar-refractivity contribution in [3.05, 3.63) is 87.0 Å². The minimum absolute atomic E-state index is 0.166. The highest BCUT2D eigenvalue weighted by Gasteiger charge is 2.24. The fourth-order valence-electron chi connectivity index (χ4n) is 3.18. The first kappa shape index (κ1) is 18.5. The second-order valence-electron chi connectivity index (χ2n) is 6.07. The number of halogens is 1. The van der Waals surface area contributed by atoms with E-state index in [1.54, 1.807) is 23.6 Å². The third-order valence-corrected chi connectivity index (χ3v) is 5.86. The average molecular weight is 410 g/mol. The number of thiophene rings is 1. The minimum Gasteiger partial charge on any atom is -0.462 e. The molecule has 0 aliphatic carbocycles. The zero-order valence-corrected chi connectivity index (χ0v) is 16.6. The molecular weight excluding hydrogens is 394 g/mol. The van der Waals surface area contributed by atoms with Gasteiger partial charge in [-0.05, 0) is 31.2 Å². The highest BCUT2D eigenvalue weighted by atomic mass is 35.5. The van der Waals surface area contributed by atoms with Crippen molar-refractivity contribution in [3.8, 4) is 16.8 Å². The number of esters is 1. The quantitative estimate of drug-likeness (QED) is 0.415. The molecule has 28 heavy (non-hydrogen) atoms. The Morgan fingerprint density at radius 3 is 2.46 bits per heavy atom. The Morgan fingerprint density at radius 1 is 1.04 bits per heavy atom. The van der Waals surface area contributed by atoms with Crippen molar-refractivity contribution in [1.82, 2.24) is 4.57 Å². The lowest BCUT2D eigenvalue weighted by atomic mass is 10.0. The monoisotopic (exact) mass is 409 g/mol. The number of benzene rings is 2. The molecule has 0 fully saturated rings. The maximum absolute atomic E-state index is 12.7. The lowest BCUT2D eigenvalue weighted by Gasteiger charge is -2.08. The number of nitrogens with zero attached hydrogens (tertiary/aromatic N) is 1. The van der Waals surface area contributed by atoms with Gasteiger partial charge in [0.15, 0.2) is 0 Å². The van der Waals surface area contributed by atoms with E-state index in [1.165, 1.54) is 17.4 Å². The molecule has 0 N–H and O–H groups in total. The number of hydrogen-bond acceptors (Lipinski definition) is 4. The van der Waals surface area contributed by atoms with Gasteiger partial charge in [0.1, 0.15) is 9.71 Å². The Labute approximate surface area is 170 Å². The molecule has 4 aromatic rings. The first-order valence-corrected chi connectivity index (χ1v) is 9.97. The molecule has 0 unspecified atom stereocenters. The molecular formula is C22H16ClNO3S. The van der Waals surface area contributed by atoms with Crippen LogP contribution in [-0.4, -0.2) is 17.1 Å². The molecule has 0 saturated heterocycles. The maximum Gasteiger partial charge on any atom is 0.349 e. The zero-order valence-electron chi connectivity index (χ0n) is 15.0. The first-order valence-electron chi connectivity index (χ1n) is 8.77. The normalized spacial score (nSPS) is 10.9. The molecule has 0 amide bonds. The second-order valence-corrected chi connectivity index (χ2v) is 7.47. The van der Waals surface area contributed by atoms with Gasteiger partial charge in [0, 0.05) is 27.6 Å². The van der Waals surface area contributed by atoms with Crippen LogP contribution in [0.5, 0.6) is 0 Å². The largest absolute Gasteiger partial charge is 0.462 e. The van der Waals surface area contributed by atoms with Crippen molar-refractivity contribution in [1.29, 1.82) is 0 Å². The Hall–Kier alpha value is -2.89. The van der Waals surface area contributed by atoms with Crippen LogP contribution in [0.3, 0.4) is 0 Å². The van der Waals surface area contributed by atoms with Crippen LogP contribution in [0.15, 0.2) is 71.5 Å². The van der Waals surface area contributed by atoms with E-state index in [9.17, 15) is 9.59 Å². The van der Waals surface area contributed by atoms with Crippen LogP contribution < -0.4 is 5.56 Å². The number of ether oxygens (including phenoxy) is 1. The molecule has 2 aromatic carbocycles. The van der Waals surface area contributed by atoms with Gasteiger partial charge in [-0.1, -0.05) is 48.0 Å². The van der Waals surface area contributed by atoms with E-state index >= 15 is 0 Å². The van der Waals surface area contributed by atoms with Gasteiger partial charge in [-0.2, -0.15) is 0 Å². The van der Waals surface area contributed by atoms with Crippen molar-refractivity contribution >= 4 is 39.1 Å². The lowest BCUT2D eigenvalue weighted by Crippen LogP contribution is -2.16. The number of rotatable bonds is 4. The number of hydrogen-bond donors (Lipinski definition) is 0. The summed E-state index contributed by atoms with van der Waals surface area (Å²) in [6.45, 7) is 2.03. The van der Waals surface area contributed by atoms with Gasteiger partial charge >= 0.3 is 5.97 Å². The van der Waals surface area contributed by atoms with Gasteiger partial charge in [-0.25, -0.2) is 4.79 Å². The van der Waals surface area contributed by atoms with Gasteiger partial charge in [0.2, 0.25) is 0 Å². The predicted octanol–water partition coefficient (Wildman–Crippen LogP) is 5.55. The fourth-order valence-corrected chi connectivity index (χ4v) is 4.63. The number of carbonyl (C=O) groups excluding carboxylic acids is 1. The molecule has 0 atom stereocenters. The van der Waals surface area contributed by atoms with E-state index in [2.05, 4.69) is 0 Å². The standard InChI is InChI=1S/C22H16ClNO3S/c1-2-27-22(26)20-19(15-10-6-7-11-17(15)23)16-12-13-18(25)24(21(16)28-20)14-8-4-3-5-9-14/h3-13H,2H2,1H3. The number of para-hydroxylation sites is 1. The van der Waals surface area contributed by atoms with E-state index in [0.717, 1.165) is 16.6 Å². The zero-order chi connectivity index (χ0) is 19.7. The summed E-state index contributed by atoms with van der Waals surface area (Å²) in [7, 11) is 0. The van der Waals surface area contributed by atoms with E-state index in [4.69, 9.17) is 16.3 Å². The molecule has 4 nitrogen and oxygen atoms in total. The molecule has 2 aromatic heterocycles. The highest BCUT2D eigenvalue weighted by molar-refractivity contribution is 7.21. The molecule has 140 valence electrons. The number of carbonyl (C=O) groups is 1. The third kappa shape index (κ3) is 3.13. The molecule has 0 aliphatic rings. The van der Waals surface area contributed by atoms with Crippen molar-refractivity contribution in [2.24, 2.45) is 0 Å². The van der Waals surface area contributed by atoms with Crippen LogP contribution in [0.4, 0.5) is 0 Å². The van der Waals surface area contributed by atoms with Crippen LogP contribution in [0, 0.1) is 0 Å². The number of aromatic nitrogens is 1. The smallest absolute Gasteiger partial charge is 0.349 e. The van der Waals surface area contributed by atoms with Crippen LogP contribution in [0.25, 0.3) is 27.0 Å². The second kappa shape index (κ2) is 7.62. The van der Waals surface area contributed by atoms with Crippen molar-refractivity contribution in [2.45, 2.75) is 6.92 Å². The SMILES string of the molecule is CCOC(=O)c1sc2c(ccc(=O)n2-c2ccccc2)c1-c1ccccc1Cl. The molecule has 6 heteroatoms. The lowest BCUT2D eigenvalue weighted by molar-refractivity contribution is 0.0533. The summed E-state index contributed by atoms with van der Waals surface area (Å²) in [6.07, 6.45) is 0. The van der Waals surface area contributed by atoms with Crippen molar-refractivity contribution < 1.29 is 9.53 Å². The van der Waals surface area contributed by atoms with Crippen LogP contribution in [-0.2, 0) is 4.74 Å². The summed E-state index contributed by atoms with van der Waals surface area (Å²) in [5, 5.41) is 1.31. The third-order valence-electron chi connectivity index (χ3n) is 4.36. The molecule has 4 rings (SSSR count). The van der Waals surface area contributed by atoms with Gasteiger partial charge in [0.05, 0.1) is 12.3 Å². The molecule has 0 bridgehead atoms. The average Bonchev–Trinajstić information content (AvgIpc) is 3.08. The molecule has 0 saturated carbocycles. The Balaban J connectivity index is 2.10. The van der Waals surface area contributed by atoms with Crippen LogP contribution in [0.2, 0.25) is 5.02 Å². The van der Waals surface area contributed by atoms with Gasteiger partial charge < -0.3 is 4.74 Å². The maximum atomic E-state index is 12.7. The number of pyridine rings is 1. The van der Waals surface area contributed by atoms with E-state index in [-0.39, 0.29) is 12.2 Å². The van der Waals surface area contributed by atoms with Gasteiger partial charge in [-0.15, -0.1) is 11.3 Å². The summed E-state index contributed by atoms with van der Waals surface area (Å²) in [5.74, 6) is -0.425. The van der Waals surface area contributed by atoms with Gasteiger partial charge in [0.25, 0.3) is 5.56 Å². The van der Waals surface area contributed by atoms with Crippen LogP contribution >= 0.6 is 22.9 Å². The first-order chi connectivity index (χ1) is 13.6. The van der Waals surface area contributed by atoms with E-state index < -0.39 is 5.97 Å². The predicted molar refractivity (Wildman–Crippen MR) is 114 cm³/mol. The summed E-state index contributed by atoms with van der Waals surface area (Å²) >= 11 is 7.68. The summed E-state index contributed by atoms with van der Waals surface area (Å²) in [4.78, 5) is 26.5. The summed E-state index contributed by atoms with van der Waals surface area (Å²) in [5.41, 5.74) is 1.99. The molecule has 2 heterocycles.